The van der Waals surface area contributed by atoms with Gasteiger partial charge >= 0.3 is 0 Å². The first-order valence-electron chi connectivity index (χ1n) is 7.91. The van der Waals surface area contributed by atoms with Gasteiger partial charge in [-0.25, -0.2) is 0 Å². The van der Waals surface area contributed by atoms with Crippen molar-refractivity contribution in [1.82, 2.24) is 0 Å². The highest BCUT2D eigenvalue weighted by Crippen LogP contribution is 2.23. The number of carbonyl (C=O) groups excluding carboxylic acids is 1. The molecule has 0 aliphatic rings. The minimum atomic E-state index is -0.00754. The van der Waals surface area contributed by atoms with Gasteiger partial charge in [-0.05, 0) is 24.3 Å². The Morgan fingerprint density at radius 3 is 2.09 bits per heavy atom. The zero-order chi connectivity index (χ0) is 16.8. The maximum atomic E-state index is 11.3. The quantitative estimate of drug-likeness (QED) is 0.765. The van der Waals surface area contributed by atoms with Gasteiger partial charge in [0.15, 0.2) is 0 Å². The van der Waals surface area contributed by atoms with Crippen LogP contribution in [0.15, 0.2) is 54.6 Å². The minimum absolute atomic E-state index is 0.00754. The molecule has 0 aliphatic carbocycles. The molecule has 0 aliphatic heterocycles. The van der Waals surface area contributed by atoms with Gasteiger partial charge in [0.1, 0.15) is 11.5 Å². The van der Waals surface area contributed by atoms with E-state index in [1.165, 1.54) is 0 Å². The first-order chi connectivity index (χ1) is 10.8. The highest BCUT2D eigenvalue weighted by atomic mass is 16.5. The zero-order valence-corrected chi connectivity index (χ0v) is 14.2. The highest BCUT2D eigenvalue weighted by Gasteiger charge is 2.01. The molecular formula is C19H27NO2. The number of rotatable bonds is 4. The summed E-state index contributed by atoms with van der Waals surface area (Å²) in [7, 11) is 0. The third-order valence-corrected chi connectivity index (χ3v) is 2.42. The van der Waals surface area contributed by atoms with Crippen LogP contribution in [-0.4, -0.2) is 5.91 Å². The molecule has 22 heavy (non-hydrogen) atoms. The van der Waals surface area contributed by atoms with Crippen molar-refractivity contribution in [3.05, 3.63) is 54.6 Å². The van der Waals surface area contributed by atoms with Crippen molar-refractivity contribution >= 4 is 11.6 Å². The Balaban J connectivity index is 0.00000102. The second-order valence-corrected chi connectivity index (χ2v) is 3.84. The standard InChI is InChI=1S/C15H15NO2.2C2H6/c1-2-15(17)16-12-7-6-10-14(11-12)18-13-8-4-3-5-9-13;2*1-2/h3-11H,2H2,1H3,(H,16,17);2*1-2H3. The van der Waals surface area contributed by atoms with Crippen molar-refractivity contribution in [1.29, 1.82) is 0 Å². The van der Waals surface area contributed by atoms with Crippen molar-refractivity contribution < 1.29 is 9.53 Å². The van der Waals surface area contributed by atoms with Crippen molar-refractivity contribution in [2.24, 2.45) is 0 Å². The molecule has 0 saturated heterocycles. The summed E-state index contributed by atoms with van der Waals surface area (Å²) in [4.78, 5) is 11.3. The summed E-state index contributed by atoms with van der Waals surface area (Å²) in [5, 5.41) is 2.80. The Hall–Kier alpha value is -2.29. The van der Waals surface area contributed by atoms with Crippen LogP contribution < -0.4 is 10.1 Å². The lowest BCUT2D eigenvalue weighted by atomic mass is 10.3. The zero-order valence-electron chi connectivity index (χ0n) is 14.2. The molecule has 2 aromatic rings. The van der Waals surface area contributed by atoms with Gasteiger partial charge in [0, 0.05) is 18.2 Å². The normalized spacial score (nSPS) is 8.59. The lowest BCUT2D eigenvalue weighted by Gasteiger charge is -2.08. The molecule has 1 N–H and O–H groups in total. The van der Waals surface area contributed by atoms with Gasteiger partial charge in [-0.2, -0.15) is 0 Å². The Bertz CT molecular complexity index is 524. The number of para-hydroxylation sites is 1. The smallest absolute Gasteiger partial charge is 0.224 e. The predicted molar refractivity (Wildman–Crippen MR) is 94.6 cm³/mol. The van der Waals surface area contributed by atoms with Gasteiger partial charge in [0.05, 0.1) is 0 Å². The Morgan fingerprint density at radius 1 is 0.909 bits per heavy atom. The van der Waals surface area contributed by atoms with Gasteiger partial charge in [-0.1, -0.05) is 58.9 Å². The molecule has 2 aromatic carbocycles. The fraction of sp³-hybridized carbons (Fsp3) is 0.316. The average molecular weight is 301 g/mol. The van der Waals surface area contributed by atoms with E-state index in [0.29, 0.717) is 12.2 Å². The van der Waals surface area contributed by atoms with E-state index >= 15 is 0 Å². The molecule has 0 unspecified atom stereocenters. The number of ether oxygens (including phenoxy) is 1. The molecule has 0 aromatic heterocycles. The number of hydrogen-bond acceptors (Lipinski definition) is 2. The van der Waals surface area contributed by atoms with E-state index in [0.717, 1.165) is 11.4 Å². The molecule has 0 radical (unpaired) electrons. The van der Waals surface area contributed by atoms with E-state index < -0.39 is 0 Å². The van der Waals surface area contributed by atoms with Crippen LogP contribution in [0, 0.1) is 0 Å². The second kappa shape index (κ2) is 12.5. The summed E-state index contributed by atoms with van der Waals surface area (Å²) in [5.41, 5.74) is 0.746. The van der Waals surface area contributed by atoms with Crippen LogP contribution in [0.1, 0.15) is 41.0 Å². The lowest BCUT2D eigenvalue weighted by molar-refractivity contribution is -0.115. The van der Waals surface area contributed by atoms with Crippen molar-refractivity contribution in [3.8, 4) is 11.5 Å². The van der Waals surface area contributed by atoms with Gasteiger partial charge < -0.3 is 10.1 Å². The number of nitrogens with one attached hydrogen (secondary N) is 1. The molecule has 3 heteroatoms. The van der Waals surface area contributed by atoms with Gasteiger partial charge in [-0.3, -0.25) is 4.79 Å². The van der Waals surface area contributed by atoms with Crippen molar-refractivity contribution in [3.63, 3.8) is 0 Å². The summed E-state index contributed by atoms with van der Waals surface area (Å²) in [5.74, 6) is 1.47. The minimum Gasteiger partial charge on any atom is -0.457 e. The average Bonchev–Trinajstić information content (AvgIpc) is 2.59. The second-order valence-electron chi connectivity index (χ2n) is 3.84. The summed E-state index contributed by atoms with van der Waals surface area (Å²) < 4.78 is 5.68. The lowest BCUT2D eigenvalue weighted by Crippen LogP contribution is -2.09. The first kappa shape index (κ1) is 19.7. The molecule has 0 spiro atoms. The maximum absolute atomic E-state index is 11.3. The topological polar surface area (TPSA) is 38.3 Å². The molecule has 0 fully saturated rings. The largest absolute Gasteiger partial charge is 0.457 e. The summed E-state index contributed by atoms with van der Waals surface area (Å²) >= 11 is 0. The molecule has 2 rings (SSSR count). The summed E-state index contributed by atoms with van der Waals surface area (Å²) in [6, 6.07) is 16.9. The molecular weight excluding hydrogens is 274 g/mol. The molecule has 1 amide bonds. The van der Waals surface area contributed by atoms with E-state index in [2.05, 4.69) is 5.32 Å². The van der Waals surface area contributed by atoms with E-state index in [1.54, 1.807) is 6.07 Å². The predicted octanol–water partition coefficient (Wildman–Crippen LogP) is 5.88. The summed E-state index contributed by atoms with van der Waals surface area (Å²) in [6.07, 6.45) is 0.462. The van der Waals surface area contributed by atoms with Crippen LogP contribution in [0.25, 0.3) is 0 Å². The SMILES string of the molecule is CC.CC.CCC(=O)Nc1cccc(Oc2ccccc2)c1. The summed E-state index contributed by atoms with van der Waals surface area (Å²) in [6.45, 7) is 9.82. The molecule has 0 heterocycles. The number of benzene rings is 2. The van der Waals surface area contributed by atoms with Crippen LogP contribution in [-0.2, 0) is 4.79 Å². The third-order valence-electron chi connectivity index (χ3n) is 2.42. The Kier molecular flexibility index (Phi) is 11.2. The van der Waals surface area contributed by atoms with Crippen LogP contribution in [0.4, 0.5) is 5.69 Å². The van der Waals surface area contributed by atoms with E-state index in [1.807, 2.05) is 83.1 Å². The molecule has 0 atom stereocenters. The number of anilines is 1. The fourth-order valence-electron chi connectivity index (χ4n) is 1.51. The highest BCUT2D eigenvalue weighted by molar-refractivity contribution is 5.90. The number of carbonyl (C=O) groups is 1. The first-order valence-corrected chi connectivity index (χ1v) is 7.91. The van der Waals surface area contributed by atoms with Crippen LogP contribution in [0.5, 0.6) is 11.5 Å². The fourth-order valence-corrected chi connectivity index (χ4v) is 1.51. The van der Waals surface area contributed by atoms with Crippen LogP contribution in [0.2, 0.25) is 0 Å². The van der Waals surface area contributed by atoms with E-state index in [4.69, 9.17) is 4.74 Å². The molecule has 120 valence electrons. The van der Waals surface area contributed by atoms with Crippen molar-refractivity contribution in [2.45, 2.75) is 41.0 Å². The third kappa shape index (κ3) is 7.48. The number of amides is 1. The van der Waals surface area contributed by atoms with Gasteiger partial charge in [-0.15, -0.1) is 0 Å². The number of hydrogen-bond donors (Lipinski definition) is 1. The van der Waals surface area contributed by atoms with Crippen LogP contribution >= 0.6 is 0 Å². The van der Waals surface area contributed by atoms with E-state index in [9.17, 15) is 4.79 Å². The molecule has 0 saturated carbocycles. The van der Waals surface area contributed by atoms with Crippen molar-refractivity contribution in [2.75, 3.05) is 5.32 Å². The monoisotopic (exact) mass is 301 g/mol. The van der Waals surface area contributed by atoms with Gasteiger partial charge in [0.2, 0.25) is 5.91 Å². The molecule has 0 bridgehead atoms. The Labute approximate surface area is 134 Å². The Morgan fingerprint density at radius 2 is 1.50 bits per heavy atom. The van der Waals surface area contributed by atoms with Gasteiger partial charge in [0.25, 0.3) is 0 Å². The van der Waals surface area contributed by atoms with E-state index in [-0.39, 0.29) is 5.91 Å². The maximum Gasteiger partial charge on any atom is 0.224 e. The molecule has 3 nitrogen and oxygen atoms in total. The van der Waals surface area contributed by atoms with Crippen LogP contribution in [0.3, 0.4) is 0 Å².